The number of fused-ring (bicyclic) bond motifs is 1. The zero-order valence-electron chi connectivity index (χ0n) is 24.1. The van der Waals surface area contributed by atoms with Gasteiger partial charge in [0, 0.05) is 59.8 Å². The van der Waals surface area contributed by atoms with Gasteiger partial charge >= 0.3 is 0 Å². The molecule has 0 fully saturated rings. The molecule has 6 aromatic rings. The summed E-state index contributed by atoms with van der Waals surface area (Å²) >= 11 is 0. The van der Waals surface area contributed by atoms with E-state index in [0.29, 0.717) is 52.4 Å². The van der Waals surface area contributed by atoms with Crippen LogP contribution < -0.4 is 25.1 Å². The van der Waals surface area contributed by atoms with Gasteiger partial charge < -0.3 is 29.1 Å². The van der Waals surface area contributed by atoms with Crippen molar-refractivity contribution in [2.75, 3.05) is 12.4 Å². The van der Waals surface area contributed by atoms with E-state index in [4.69, 9.17) is 14.2 Å². The highest BCUT2D eigenvalue weighted by Gasteiger charge is 2.18. The summed E-state index contributed by atoms with van der Waals surface area (Å²) in [5.74, 6) is -0.0764. The number of pyridine rings is 1. The number of H-pyrrole nitrogens is 1. The van der Waals surface area contributed by atoms with Crippen LogP contribution in [0.25, 0.3) is 22.0 Å². The summed E-state index contributed by atoms with van der Waals surface area (Å²) in [7, 11) is 3.28. The Kier molecular flexibility index (Phi) is 8.01. The average Bonchev–Trinajstić information content (AvgIpc) is 3.47. The number of nitrogens with one attached hydrogen (secondary N) is 2. The Balaban J connectivity index is 1.34. The fourth-order valence-corrected chi connectivity index (χ4v) is 5.01. The van der Waals surface area contributed by atoms with Gasteiger partial charge in [0.1, 0.15) is 23.7 Å². The number of ether oxygens (including phenoxy) is 3. The third kappa shape index (κ3) is 5.85. The van der Waals surface area contributed by atoms with E-state index in [0.717, 1.165) is 28.9 Å². The molecule has 0 aliphatic rings. The van der Waals surface area contributed by atoms with E-state index in [1.54, 1.807) is 38.7 Å². The summed E-state index contributed by atoms with van der Waals surface area (Å²) in [6.45, 7) is 0.784. The monoisotopic (exact) mass is 593 g/mol. The minimum absolute atomic E-state index is 0.124. The lowest BCUT2D eigenvalue weighted by Crippen LogP contribution is -2.15. The number of benzene rings is 4. The second-order valence-electron chi connectivity index (χ2n) is 10.2. The molecule has 222 valence electrons. The zero-order valence-corrected chi connectivity index (χ0v) is 24.1. The van der Waals surface area contributed by atoms with Gasteiger partial charge in [-0.15, -0.1) is 0 Å². The number of aryl methyl sites for hydroxylation is 1. The van der Waals surface area contributed by atoms with Crippen molar-refractivity contribution in [1.82, 2.24) is 9.55 Å². The molecule has 9 heteroatoms. The van der Waals surface area contributed by atoms with Gasteiger partial charge in [-0.25, -0.2) is 8.78 Å². The molecule has 0 saturated heterocycles. The lowest BCUT2D eigenvalue weighted by molar-refractivity contribution is 0.281. The van der Waals surface area contributed by atoms with E-state index < -0.39 is 11.6 Å². The summed E-state index contributed by atoms with van der Waals surface area (Å²) in [6, 6.07) is 25.9. The highest BCUT2D eigenvalue weighted by molar-refractivity contribution is 5.97. The lowest BCUT2D eigenvalue weighted by Gasteiger charge is -2.17. The molecule has 0 spiro atoms. The Morgan fingerprint density at radius 1 is 0.864 bits per heavy atom. The Morgan fingerprint density at radius 3 is 2.48 bits per heavy atom. The normalized spacial score (nSPS) is 11.0. The van der Waals surface area contributed by atoms with Crippen LogP contribution in [-0.4, -0.2) is 16.7 Å². The van der Waals surface area contributed by atoms with Gasteiger partial charge in [-0.05, 0) is 48.0 Å². The molecule has 0 aliphatic carbocycles. The first-order valence-corrected chi connectivity index (χ1v) is 13.9. The molecule has 6 rings (SSSR count). The van der Waals surface area contributed by atoms with Crippen LogP contribution in [0.3, 0.4) is 0 Å². The Labute approximate surface area is 252 Å². The molecule has 0 unspecified atom stereocenters. The lowest BCUT2D eigenvalue weighted by atomic mass is 10.0. The minimum atomic E-state index is -0.827. The fraction of sp³-hybridized carbons (Fsp3) is 0.114. The quantitative estimate of drug-likeness (QED) is 0.170. The van der Waals surface area contributed by atoms with E-state index in [2.05, 4.69) is 10.3 Å². The van der Waals surface area contributed by atoms with Gasteiger partial charge in [0.05, 0.1) is 7.11 Å². The molecule has 7 nitrogen and oxygen atoms in total. The summed E-state index contributed by atoms with van der Waals surface area (Å²) in [4.78, 5) is 15.8. The van der Waals surface area contributed by atoms with Crippen molar-refractivity contribution in [2.45, 2.75) is 13.2 Å². The van der Waals surface area contributed by atoms with Crippen LogP contribution in [0.1, 0.15) is 11.1 Å². The first kappa shape index (κ1) is 28.5. The van der Waals surface area contributed by atoms with Crippen molar-refractivity contribution in [3.63, 3.8) is 0 Å². The summed E-state index contributed by atoms with van der Waals surface area (Å²) < 4.78 is 47.4. The maximum atomic E-state index is 14.6. The number of methoxy groups -OCH3 is 1. The van der Waals surface area contributed by atoms with Crippen molar-refractivity contribution >= 4 is 16.6 Å². The maximum absolute atomic E-state index is 14.6. The number of nitrogens with zero attached hydrogens (tertiary/aromatic N) is 1. The van der Waals surface area contributed by atoms with E-state index in [-0.39, 0.29) is 11.3 Å². The summed E-state index contributed by atoms with van der Waals surface area (Å²) in [5.41, 5.74) is 4.18. The van der Waals surface area contributed by atoms with Gasteiger partial charge in [-0.3, -0.25) is 4.79 Å². The smallest absolute Gasteiger partial charge is 0.274 e. The number of aromatic amines is 1. The van der Waals surface area contributed by atoms with Crippen molar-refractivity contribution in [1.29, 1.82) is 0 Å². The number of halogens is 2. The number of rotatable bonds is 10. The summed E-state index contributed by atoms with van der Waals surface area (Å²) in [6.07, 6.45) is 3.40. The van der Waals surface area contributed by atoms with Crippen LogP contribution in [-0.2, 0) is 20.2 Å². The number of para-hydroxylation sites is 1. The van der Waals surface area contributed by atoms with Gasteiger partial charge in [-0.2, -0.15) is 0 Å². The molecule has 2 aromatic heterocycles. The van der Waals surface area contributed by atoms with Crippen molar-refractivity contribution in [2.24, 2.45) is 7.05 Å². The third-order valence-corrected chi connectivity index (χ3v) is 7.29. The van der Waals surface area contributed by atoms with Crippen LogP contribution in [0.4, 0.5) is 14.5 Å². The minimum Gasteiger partial charge on any atom is -0.493 e. The van der Waals surface area contributed by atoms with E-state index >= 15 is 0 Å². The molecule has 44 heavy (non-hydrogen) atoms. The van der Waals surface area contributed by atoms with Crippen molar-refractivity contribution in [3.8, 4) is 34.1 Å². The van der Waals surface area contributed by atoms with Crippen LogP contribution in [0.5, 0.6) is 23.0 Å². The predicted octanol–water partition coefficient (Wildman–Crippen LogP) is 7.80. The first-order chi connectivity index (χ1) is 21.4. The van der Waals surface area contributed by atoms with Gasteiger partial charge in [0.15, 0.2) is 23.1 Å². The van der Waals surface area contributed by atoms with E-state index in [1.807, 2.05) is 60.7 Å². The van der Waals surface area contributed by atoms with Gasteiger partial charge in [0.25, 0.3) is 5.56 Å². The number of hydrogen-bond acceptors (Lipinski definition) is 5. The number of anilines is 1. The molecule has 0 radical (unpaired) electrons. The Hall–Kier alpha value is -5.57. The highest BCUT2D eigenvalue weighted by Crippen LogP contribution is 2.40. The number of hydrogen-bond donors (Lipinski definition) is 2. The molecule has 0 atom stereocenters. The van der Waals surface area contributed by atoms with Gasteiger partial charge in [-0.1, -0.05) is 42.5 Å². The number of aromatic nitrogens is 2. The molecular weight excluding hydrogens is 564 g/mol. The van der Waals surface area contributed by atoms with Crippen molar-refractivity contribution < 1.29 is 23.0 Å². The van der Waals surface area contributed by atoms with Gasteiger partial charge in [0.2, 0.25) is 0 Å². The maximum Gasteiger partial charge on any atom is 0.274 e. The topological polar surface area (TPSA) is 77.5 Å². The predicted molar refractivity (Wildman–Crippen MR) is 167 cm³/mol. The van der Waals surface area contributed by atoms with Crippen LogP contribution in [0, 0.1) is 11.6 Å². The standard InChI is InChI=1S/C35H29F2N3O4/c1-40-16-15-26-28(20-39-33(26)35(40)41)27-18-25(12-14-30(27)44-31-13-11-24(36)17-29(31)37)38-19-23-9-6-10-32(42-2)34(23)43-21-22-7-4-3-5-8-22/h3-18,20,38-39H,19,21H2,1-2H3. The molecule has 2 N–H and O–H groups in total. The second kappa shape index (κ2) is 12.3. The van der Waals surface area contributed by atoms with Crippen LogP contribution >= 0.6 is 0 Å². The summed E-state index contributed by atoms with van der Waals surface area (Å²) in [5, 5.41) is 4.12. The molecule has 0 bridgehead atoms. The molecule has 0 amide bonds. The van der Waals surface area contributed by atoms with Crippen LogP contribution in [0.15, 0.2) is 108 Å². The third-order valence-electron chi connectivity index (χ3n) is 7.29. The molecule has 0 saturated carbocycles. The largest absolute Gasteiger partial charge is 0.493 e. The highest BCUT2D eigenvalue weighted by atomic mass is 19.1. The van der Waals surface area contributed by atoms with E-state index in [1.165, 1.54) is 10.6 Å². The van der Waals surface area contributed by atoms with Crippen LogP contribution in [0.2, 0.25) is 0 Å². The zero-order chi connectivity index (χ0) is 30.6. The molecular formula is C35H29F2N3O4. The van der Waals surface area contributed by atoms with E-state index in [9.17, 15) is 13.6 Å². The molecule has 2 heterocycles. The molecule has 0 aliphatic heterocycles. The second-order valence-corrected chi connectivity index (χ2v) is 10.2. The SMILES string of the molecule is COc1cccc(CNc2ccc(Oc3ccc(F)cc3F)c(-c3c[nH]c4c(=O)n(C)ccc34)c2)c1OCc1ccccc1. The molecule has 4 aromatic carbocycles. The fourth-order valence-electron chi connectivity index (χ4n) is 5.01. The Bertz CT molecular complexity index is 2000. The average molecular weight is 594 g/mol. The Morgan fingerprint density at radius 2 is 1.68 bits per heavy atom. The van der Waals surface area contributed by atoms with Crippen molar-refractivity contribution in [3.05, 3.63) is 137 Å². The first-order valence-electron chi connectivity index (χ1n) is 13.9.